The molecule has 3 aromatic rings. The normalized spacial score (nSPS) is 17.2. The van der Waals surface area contributed by atoms with Crippen molar-refractivity contribution in [2.45, 2.75) is 18.2 Å². The van der Waals surface area contributed by atoms with Gasteiger partial charge in [-0.1, -0.05) is 49.2 Å². The summed E-state index contributed by atoms with van der Waals surface area (Å²) in [5.74, 6) is 0.299. The molecular formula is C21H20N2OS. The standard InChI is InChI=1S/C21H20N2OS/c1-14-21(25-15(2)22-14)12-17-4-3-5-20-19(17)10-11-23(20)13-16-6-8-18(24)9-7-16/h3-11,21-22,24H,1-2,12-13H2. The molecule has 0 bridgehead atoms. The summed E-state index contributed by atoms with van der Waals surface area (Å²) in [5, 5.41) is 15.3. The van der Waals surface area contributed by atoms with Crippen molar-refractivity contribution < 1.29 is 5.11 Å². The highest BCUT2D eigenvalue weighted by molar-refractivity contribution is 8.04. The van der Waals surface area contributed by atoms with Gasteiger partial charge in [0.05, 0.1) is 10.3 Å². The first kappa shape index (κ1) is 15.9. The second kappa shape index (κ2) is 6.37. The Kier molecular flexibility index (Phi) is 4.06. The number of hydrogen-bond donors (Lipinski definition) is 2. The number of nitrogens with zero attached hydrogens (tertiary/aromatic N) is 1. The molecule has 0 amide bonds. The van der Waals surface area contributed by atoms with Crippen LogP contribution < -0.4 is 5.32 Å². The van der Waals surface area contributed by atoms with E-state index in [-0.39, 0.29) is 0 Å². The van der Waals surface area contributed by atoms with Crippen LogP contribution in [0, 0.1) is 0 Å². The zero-order valence-electron chi connectivity index (χ0n) is 13.9. The molecule has 2 N–H and O–H groups in total. The van der Waals surface area contributed by atoms with E-state index in [1.165, 1.54) is 22.0 Å². The predicted molar refractivity (Wildman–Crippen MR) is 106 cm³/mol. The van der Waals surface area contributed by atoms with Gasteiger partial charge in [-0.05, 0) is 41.8 Å². The van der Waals surface area contributed by atoms with Crippen LogP contribution in [0.4, 0.5) is 0 Å². The summed E-state index contributed by atoms with van der Waals surface area (Å²) in [4.78, 5) is 0. The average Bonchev–Trinajstić information content (AvgIpc) is 3.14. The van der Waals surface area contributed by atoms with E-state index in [1.54, 1.807) is 23.9 Å². The number of rotatable bonds is 4. The Hall–Kier alpha value is -2.59. The number of aromatic hydroxyl groups is 1. The van der Waals surface area contributed by atoms with E-state index in [9.17, 15) is 5.11 Å². The molecule has 1 unspecified atom stereocenters. The van der Waals surface area contributed by atoms with Crippen LogP contribution in [0.1, 0.15) is 11.1 Å². The number of fused-ring (bicyclic) bond motifs is 1. The van der Waals surface area contributed by atoms with Gasteiger partial charge in [0.15, 0.2) is 0 Å². The van der Waals surface area contributed by atoms with Gasteiger partial charge in [-0.25, -0.2) is 0 Å². The van der Waals surface area contributed by atoms with Crippen LogP contribution in [0.3, 0.4) is 0 Å². The van der Waals surface area contributed by atoms with Crippen molar-refractivity contribution in [3.63, 3.8) is 0 Å². The van der Waals surface area contributed by atoms with Crippen LogP contribution in [0.2, 0.25) is 0 Å². The highest BCUT2D eigenvalue weighted by Gasteiger charge is 2.23. The molecule has 1 fully saturated rings. The van der Waals surface area contributed by atoms with Gasteiger partial charge in [0.1, 0.15) is 5.75 Å². The molecule has 1 aromatic heterocycles. The quantitative estimate of drug-likeness (QED) is 0.722. The van der Waals surface area contributed by atoms with Crippen molar-refractivity contribution in [1.82, 2.24) is 9.88 Å². The van der Waals surface area contributed by atoms with Crippen molar-refractivity contribution in [3.8, 4) is 5.75 Å². The van der Waals surface area contributed by atoms with Crippen molar-refractivity contribution in [1.29, 1.82) is 0 Å². The zero-order valence-corrected chi connectivity index (χ0v) is 14.7. The van der Waals surface area contributed by atoms with Crippen LogP contribution in [-0.2, 0) is 13.0 Å². The molecule has 1 aliphatic rings. The Morgan fingerprint density at radius 3 is 2.60 bits per heavy atom. The van der Waals surface area contributed by atoms with Gasteiger partial charge in [-0.2, -0.15) is 0 Å². The summed E-state index contributed by atoms with van der Waals surface area (Å²) >= 11 is 1.75. The Morgan fingerprint density at radius 2 is 1.88 bits per heavy atom. The first-order valence-electron chi connectivity index (χ1n) is 8.26. The summed E-state index contributed by atoms with van der Waals surface area (Å²) in [6, 6.07) is 16.0. The molecular weight excluding hydrogens is 328 g/mol. The minimum Gasteiger partial charge on any atom is -0.508 e. The molecule has 0 aliphatic carbocycles. The van der Waals surface area contributed by atoms with Crippen LogP contribution in [-0.4, -0.2) is 14.9 Å². The number of benzene rings is 2. The molecule has 2 heterocycles. The van der Waals surface area contributed by atoms with Gasteiger partial charge in [0.25, 0.3) is 0 Å². The lowest BCUT2D eigenvalue weighted by molar-refractivity contribution is 0.475. The second-order valence-electron chi connectivity index (χ2n) is 6.34. The molecule has 2 aromatic carbocycles. The highest BCUT2D eigenvalue weighted by atomic mass is 32.2. The maximum absolute atomic E-state index is 9.44. The summed E-state index contributed by atoms with van der Waals surface area (Å²) in [7, 11) is 0. The fourth-order valence-corrected chi connectivity index (χ4v) is 4.30. The lowest BCUT2D eigenvalue weighted by atomic mass is 10.0. The van der Waals surface area contributed by atoms with Crippen LogP contribution in [0.25, 0.3) is 10.9 Å². The minimum absolute atomic E-state index is 0.299. The van der Waals surface area contributed by atoms with Crippen molar-refractivity contribution in [2.75, 3.05) is 0 Å². The van der Waals surface area contributed by atoms with E-state index < -0.39 is 0 Å². The monoisotopic (exact) mass is 348 g/mol. The summed E-state index contributed by atoms with van der Waals surface area (Å²) in [5.41, 5.74) is 4.76. The van der Waals surface area contributed by atoms with E-state index in [0.29, 0.717) is 11.0 Å². The topological polar surface area (TPSA) is 37.2 Å². The second-order valence-corrected chi connectivity index (χ2v) is 7.64. The van der Waals surface area contributed by atoms with Crippen molar-refractivity contribution >= 4 is 22.7 Å². The number of phenolic OH excluding ortho intramolecular Hbond substituents is 1. The molecule has 0 saturated carbocycles. The Morgan fingerprint density at radius 1 is 1.08 bits per heavy atom. The molecule has 126 valence electrons. The number of aromatic nitrogens is 1. The van der Waals surface area contributed by atoms with Gasteiger partial charge < -0.3 is 15.0 Å². The van der Waals surface area contributed by atoms with Crippen LogP contribution >= 0.6 is 11.8 Å². The Bertz CT molecular complexity index is 956. The van der Waals surface area contributed by atoms with Gasteiger partial charge in [0.2, 0.25) is 0 Å². The molecule has 1 aliphatic heterocycles. The van der Waals surface area contributed by atoms with Crippen LogP contribution in [0.15, 0.2) is 78.6 Å². The van der Waals surface area contributed by atoms with Gasteiger partial charge >= 0.3 is 0 Å². The smallest absolute Gasteiger partial charge is 0.115 e. The third kappa shape index (κ3) is 3.17. The lowest BCUT2D eigenvalue weighted by Crippen LogP contribution is -2.11. The fraction of sp³-hybridized carbons (Fsp3) is 0.143. The summed E-state index contributed by atoms with van der Waals surface area (Å²) < 4.78 is 2.25. The number of phenols is 1. The predicted octanol–water partition coefficient (Wildman–Crippen LogP) is 4.63. The molecule has 0 spiro atoms. The third-order valence-corrected chi connectivity index (χ3v) is 5.69. The molecule has 1 saturated heterocycles. The fourth-order valence-electron chi connectivity index (χ4n) is 3.30. The van der Waals surface area contributed by atoms with Gasteiger partial charge in [-0.15, -0.1) is 0 Å². The minimum atomic E-state index is 0.299. The number of nitrogens with one attached hydrogen (secondary N) is 1. The number of thioether (sulfide) groups is 1. The first-order valence-corrected chi connectivity index (χ1v) is 9.14. The maximum Gasteiger partial charge on any atom is 0.115 e. The van der Waals surface area contributed by atoms with E-state index in [1.807, 2.05) is 12.1 Å². The summed E-state index contributed by atoms with van der Waals surface area (Å²) in [6.45, 7) is 8.89. The molecule has 25 heavy (non-hydrogen) atoms. The van der Waals surface area contributed by atoms with E-state index in [4.69, 9.17) is 0 Å². The lowest BCUT2D eigenvalue weighted by Gasteiger charge is -2.11. The molecule has 4 rings (SSSR count). The third-order valence-electron chi connectivity index (χ3n) is 4.57. The van der Waals surface area contributed by atoms with E-state index in [2.05, 4.69) is 53.5 Å². The summed E-state index contributed by atoms with van der Waals surface area (Å²) in [6.07, 6.45) is 3.07. The van der Waals surface area contributed by atoms with E-state index in [0.717, 1.165) is 23.7 Å². The number of hydrogen-bond acceptors (Lipinski definition) is 3. The maximum atomic E-state index is 9.44. The molecule has 1 atom stereocenters. The van der Waals surface area contributed by atoms with E-state index >= 15 is 0 Å². The zero-order chi connectivity index (χ0) is 17.4. The van der Waals surface area contributed by atoms with Crippen molar-refractivity contribution in [3.05, 3.63) is 89.7 Å². The Balaban J connectivity index is 1.62. The van der Waals surface area contributed by atoms with Gasteiger partial charge in [-0.3, -0.25) is 0 Å². The molecule has 3 nitrogen and oxygen atoms in total. The highest BCUT2D eigenvalue weighted by Crippen LogP contribution is 2.34. The average molecular weight is 348 g/mol. The Labute approximate surface area is 151 Å². The van der Waals surface area contributed by atoms with Crippen LogP contribution in [0.5, 0.6) is 5.75 Å². The molecule has 0 radical (unpaired) electrons. The SMILES string of the molecule is C=C1NC(=C)C(Cc2cccc3c2ccn3Cc2ccc(O)cc2)S1. The molecule has 4 heteroatoms. The van der Waals surface area contributed by atoms with Gasteiger partial charge in [0, 0.05) is 29.3 Å². The largest absolute Gasteiger partial charge is 0.508 e. The van der Waals surface area contributed by atoms with Crippen molar-refractivity contribution in [2.24, 2.45) is 0 Å². The first-order chi connectivity index (χ1) is 12.1.